The fraction of sp³-hybridized carbons (Fsp3) is 0. The van der Waals surface area contributed by atoms with E-state index < -0.39 is 0 Å². The normalized spacial score (nSPS) is 10.6. The molecule has 0 N–H and O–H groups in total. The van der Waals surface area contributed by atoms with Crippen molar-refractivity contribution in [1.29, 1.82) is 0 Å². The van der Waals surface area contributed by atoms with Crippen molar-refractivity contribution in [2.24, 2.45) is 0 Å². The van der Waals surface area contributed by atoms with Crippen LogP contribution in [0.3, 0.4) is 0 Å². The number of halogens is 1. The van der Waals surface area contributed by atoms with Crippen molar-refractivity contribution in [3.8, 4) is 0 Å². The van der Waals surface area contributed by atoms with E-state index in [4.69, 9.17) is 0 Å². The summed E-state index contributed by atoms with van der Waals surface area (Å²) < 4.78 is 1.92. The van der Waals surface area contributed by atoms with Crippen LogP contribution in [0.1, 0.15) is 5.69 Å². The minimum absolute atomic E-state index is 0.912. The minimum Gasteiger partial charge on any atom is -0.256 e. The Labute approximate surface area is 79.1 Å². The summed E-state index contributed by atoms with van der Waals surface area (Å²) in [4.78, 5) is 5.01. The molecule has 1 rings (SSSR count). The highest BCUT2D eigenvalue weighted by Gasteiger charge is 1.91. The Morgan fingerprint density at radius 3 is 3.00 bits per heavy atom. The van der Waals surface area contributed by atoms with E-state index >= 15 is 0 Å². The third-order valence-corrected chi connectivity index (χ3v) is 1.77. The molecule has 0 aliphatic rings. The van der Waals surface area contributed by atoms with E-state index in [-0.39, 0.29) is 0 Å². The van der Waals surface area contributed by atoms with Gasteiger partial charge in [-0.15, -0.1) is 12.6 Å². The molecule has 0 unspecified atom stereocenters. The zero-order valence-corrected chi connectivity index (χ0v) is 8.21. The van der Waals surface area contributed by atoms with E-state index in [9.17, 15) is 0 Å². The van der Waals surface area contributed by atoms with Crippen LogP contribution in [0.2, 0.25) is 0 Å². The van der Waals surface area contributed by atoms with Crippen LogP contribution < -0.4 is 0 Å². The molecule has 1 heterocycles. The van der Waals surface area contributed by atoms with Gasteiger partial charge in [-0.3, -0.25) is 4.98 Å². The first kappa shape index (κ1) is 8.07. The molecule has 0 saturated heterocycles. The first-order chi connectivity index (χ1) is 4.84. The van der Waals surface area contributed by atoms with Gasteiger partial charge < -0.3 is 0 Å². The summed E-state index contributed by atoms with van der Waals surface area (Å²) in [6.07, 6.45) is 3.68. The van der Waals surface area contributed by atoms with Gasteiger partial charge in [0.05, 0.1) is 5.69 Å². The second kappa shape index (κ2) is 3.98. The molecule has 0 aromatic carbocycles. The summed E-state index contributed by atoms with van der Waals surface area (Å²) in [7, 11) is 0. The van der Waals surface area contributed by atoms with Crippen LogP contribution in [0.4, 0.5) is 0 Å². The Morgan fingerprint density at radius 2 is 2.40 bits per heavy atom. The van der Waals surface area contributed by atoms with Crippen LogP contribution >= 0.6 is 35.2 Å². The lowest BCUT2D eigenvalue weighted by Crippen LogP contribution is -1.79. The first-order valence-electron chi connectivity index (χ1n) is 2.75. The van der Waals surface area contributed by atoms with E-state index in [0.29, 0.717) is 0 Å². The summed E-state index contributed by atoms with van der Waals surface area (Å²) in [5.41, 5.74) is 0.917. The number of pyridine rings is 1. The second-order valence-electron chi connectivity index (χ2n) is 1.70. The van der Waals surface area contributed by atoms with Crippen molar-refractivity contribution in [2.75, 3.05) is 0 Å². The molecule has 0 aliphatic heterocycles. The molecule has 3 heteroatoms. The fourth-order valence-corrected chi connectivity index (χ4v) is 1.16. The van der Waals surface area contributed by atoms with Crippen molar-refractivity contribution >= 4 is 41.3 Å². The summed E-state index contributed by atoms with van der Waals surface area (Å²) in [5, 5.41) is 0. The van der Waals surface area contributed by atoms with Crippen LogP contribution in [0.5, 0.6) is 0 Å². The standard InChI is InChI=1S/C7H6INS/c8-4-3-6-7(10)2-1-5-9-6/h1-5,10H/b4-3+. The Kier molecular flexibility index (Phi) is 3.21. The second-order valence-corrected chi connectivity index (χ2v) is 2.90. The Hall–Kier alpha value is -0.0300. The molecule has 52 valence electrons. The van der Waals surface area contributed by atoms with Gasteiger partial charge in [-0.05, 0) is 22.3 Å². The van der Waals surface area contributed by atoms with Crippen LogP contribution in [-0.2, 0) is 0 Å². The van der Waals surface area contributed by atoms with Gasteiger partial charge in [-0.25, -0.2) is 0 Å². The van der Waals surface area contributed by atoms with Gasteiger partial charge >= 0.3 is 0 Å². The fourth-order valence-electron chi connectivity index (χ4n) is 0.597. The smallest absolute Gasteiger partial charge is 0.0767 e. The maximum atomic E-state index is 4.21. The summed E-state index contributed by atoms with van der Waals surface area (Å²) >= 11 is 6.37. The predicted molar refractivity (Wildman–Crippen MR) is 54.5 cm³/mol. The van der Waals surface area contributed by atoms with E-state index in [1.54, 1.807) is 6.20 Å². The highest BCUT2D eigenvalue weighted by atomic mass is 127. The summed E-state index contributed by atoms with van der Waals surface area (Å²) in [6.45, 7) is 0. The highest BCUT2D eigenvalue weighted by molar-refractivity contribution is 14.1. The average molecular weight is 263 g/mol. The molecular formula is C7H6INS. The van der Waals surface area contributed by atoms with Gasteiger partial charge in [-0.2, -0.15) is 0 Å². The zero-order valence-electron chi connectivity index (χ0n) is 5.16. The van der Waals surface area contributed by atoms with Gasteiger partial charge in [0, 0.05) is 11.1 Å². The lowest BCUT2D eigenvalue weighted by molar-refractivity contribution is 1.21. The molecule has 0 spiro atoms. The van der Waals surface area contributed by atoms with Crippen molar-refractivity contribution in [2.45, 2.75) is 4.90 Å². The third-order valence-electron chi connectivity index (χ3n) is 1.04. The highest BCUT2D eigenvalue weighted by Crippen LogP contribution is 2.11. The number of hydrogen-bond acceptors (Lipinski definition) is 2. The van der Waals surface area contributed by atoms with Crippen LogP contribution in [0.25, 0.3) is 6.08 Å². The minimum atomic E-state index is 0.912. The number of nitrogens with zero attached hydrogens (tertiary/aromatic N) is 1. The van der Waals surface area contributed by atoms with Crippen LogP contribution in [-0.4, -0.2) is 4.98 Å². The van der Waals surface area contributed by atoms with Crippen molar-refractivity contribution in [1.82, 2.24) is 4.98 Å². The van der Waals surface area contributed by atoms with E-state index in [2.05, 4.69) is 40.2 Å². The first-order valence-corrected chi connectivity index (χ1v) is 4.44. The maximum Gasteiger partial charge on any atom is 0.0767 e. The molecule has 1 aromatic heterocycles. The third kappa shape index (κ3) is 1.98. The Morgan fingerprint density at radius 1 is 1.60 bits per heavy atom. The summed E-state index contributed by atoms with van der Waals surface area (Å²) in [5.74, 6) is 0. The molecule has 10 heavy (non-hydrogen) atoms. The largest absolute Gasteiger partial charge is 0.256 e. The lowest BCUT2D eigenvalue weighted by atomic mass is 10.3. The maximum absolute atomic E-state index is 4.21. The quantitative estimate of drug-likeness (QED) is 0.607. The Bertz CT molecular complexity index is 247. The zero-order chi connectivity index (χ0) is 7.40. The van der Waals surface area contributed by atoms with E-state index in [0.717, 1.165) is 10.6 Å². The molecule has 0 bridgehead atoms. The number of hydrogen-bond donors (Lipinski definition) is 1. The molecule has 0 atom stereocenters. The molecular weight excluding hydrogens is 257 g/mol. The van der Waals surface area contributed by atoms with Crippen LogP contribution in [0.15, 0.2) is 27.3 Å². The average Bonchev–Trinajstić information content (AvgIpc) is 1.94. The topological polar surface area (TPSA) is 12.9 Å². The number of rotatable bonds is 1. The summed E-state index contributed by atoms with van der Waals surface area (Å²) in [6, 6.07) is 3.79. The van der Waals surface area contributed by atoms with Crippen molar-refractivity contribution < 1.29 is 0 Å². The molecule has 0 aliphatic carbocycles. The van der Waals surface area contributed by atoms with E-state index in [1.165, 1.54) is 0 Å². The van der Waals surface area contributed by atoms with Gasteiger partial charge in [-0.1, -0.05) is 22.6 Å². The molecule has 0 fully saturated rings. The van der Waals surface area contributed by atoms with Gasteiger partial charge in [0.1, 0.15) is 0 Å². The van der Waals surface area contributed by atoms with Gasteiger partial charge in [0.2, 0.25) is 0 Å². The van der Waals surface area contributed by atoms with E-state index in [1.807, 2.05) is 22.3 Å². The number of thiol groups is 1. The van der Waals surface area contributed by atoms with Crippen molar-refractivity contribution in [3.05, 3.63) is 28.1 Å². The molecule has 0 radical (unpaired) electrons. The SMILES string of the molecule is Sc1cccnc1/C=C/I. The van der Waals surface area contributed by atoms with Crippen molar-refractivity contribution in [3.63, 3.8) is 0 Å². The monoisotopic (exact) mass is 263 g/mol. The molecule has 1 nitrogen and oxygen atoms in total. The number of aromatic nitrogens is 1. The predicted octanol–water partition coefficient (Wildman–Crippen LogP) is 2.78. The molecule has 1 aromatic rings. The molecule has 0 saturated carbocycles. The lowest BCUT2D eigenvalue weighted by Gasteiger charge is -1.93. The molecule has 0 amide bonds. The van der Waals surface area contributed by atoms with Gasteiger partial charge in [0.15, 0.2) is 0 Å². The Balaban J connectivity index is 3.03. The van der Waals surface area contributed by atoms with Crippen LogP contribution in [0, 0.1) is 0 Å². The van der Waals surface area contributed by atoms with Gasteiger partial charge in [0.25, 0.3) is 0 Å².